The lowest BCUT2D eigenvalue weighted by Gasteiger charge is -2.10. The van der Waals surface area contributed by atoms with Crippen molar-refractivity contribution in [2.75, 3.05) is 17.2 Å². The van der Waals surface area contributed by atoms with E-state index in [1.165, 1.54) is 0 Å². The van der Waals surface area contributed by atoms with Gasteiger partial charge in [-0.25, -0.2) is 4.98 Å². The van der Waals surface area contributed by atoms with Crippen LogP contribution in [0.1, 0.15) is 18.9 Å². The van der Waals surface area contributed by atoms with Crippen molar-refractivity contribution in [3.05, 3.63) is 40.0 Å². The lowest BCUT2D eigenvalue weighted by Crippen LogP contribution is -2.05. The van der Waals surface area contributed by atoms with Crippen LogP contribution < -0.4 is 10.6 Å². The third-order valence-corrected chi connectivity index (χ3v) is 3.42. The molecule has 0 bridgehead atoms. The van der Waals surface area contributed by atoms with E-state index in [1.54, 1.807) is 18.3 Å². The number of hydrogen-bond donors (Lipinski definition) is 2. The summed E-state index contributed by atoms with van der Waals surface area (Å²) in [6.45, 7) is 4.83. The zero-order valence-electron chi connectivity index (χ0n) is 11.4. The Morgan fingerprint density at radius 3 is 2.75 bits per heavy atom. The lowest BCUT2D eigenvalue weighted by atomic mass is 10.2. The van der Waals surface area contributed by atoms with E-state index >= 15 is 0 Å². The van der Waals surface area contributed by atoms with E-state index in [1.807, 2.05) is 13.0 Å². The maximum Gasteiger partial charge on any atom is 0.224 e. The van der Waals surface area contributed by atoms with Crippen LogP contribution in [0.4, 0.5) is 17.5 Å². The van der Waals surface area contributed by atoms with Gasteiger partial charge in [-0.05, 0) is 37.1 Å². The van der Waals surface area contributed by atoms with Crippen molar-refractivity contribution in [2.24, 2.45) is 0 Å². The maximum atomic E-state index is 6.19. The second-order valence-corrected chi connectivity index (χ2v) is 5.21. The van der Waals surface area contributed by atoms with Gasteiger partial charge in [0.25, 0.3) is 0 Å². The van der Waals surface area contributed by atoms with Crippen molar-refractivity contribution >= 4 is 40.7 Å². The fraction of sp³-hybridized carbons (Fsp3) is 0.286. The van der Waals surface area contributed by atoms with Crippen LogP contribution in [0.5, 0.6) is 0 Å². The molecular weight excluding hydrogens is 295 g/mol. The Kier molecular flexibility index (Phi) is 5.04. The Morgan fingerprint density at radius 2 is 2.00 bits per heavy atom. The summed E-state index contributed by atoms with van der Waals surface area (Å²) in [5, 5.41) is 7.55. The molecule has 2 N–H and O–H groups in total. The van der Waals surface area contributed by atoms with Gasteiger partial charge in [0.15, 0.2) is 0 Å². The van der Waals surface area contributed by atoms with Crippen molar-refractivity contribution in [3.8, 4) is 0 Å². The van der Waals surface area contributed by atoms with Gasteiger partial charge < -0.3 is 10.6 Å². The summed E-state index contributed by atoms with van der Waals surface area (Å²) in [6.07, 6.45) is 2.71. The molecule has 0 aliphatic carbocycles. The van der Waals surface area contributed by atoms with E-state index in [2.05, 4.69) is 27.5 Å². The van der Waals surface area contributed by atoms with E-state index in [4.69, 9.17) is 23.2 Å². The molecule has 0 fully saturated rings. The Labute approximate surface area is 128 Å². The van der Waals surface area contributed by atoms with E-state index < -0.39 is 0 Å². The SMILES string of the molecule is CCCNc1nccc(Nc2cc(Cl)c(C)cc2Cl)n1. The molecule has 2 aromatic rings. The number of aromatic nitrogens is 2. The lowest BCUT2D eigenvalue weighted by molar-refractivity contribution is 0.953. The first-order valence-electron chi connectivity index (χ1n) is 6.39. The predicted octanol–water partition coefficient (Wildman–Crippen LogP) is 4.66. The van der Waals surface area contributed by atoms with Crippen LogP contribution in [-0.4, -0.2) is 16.5 Å². The van der Waals surface area contributed by atoms with Crippen molar-refractivity contribution < 1.29 is 0 Å². The van der Waals surface area contributed by atoms with Gasteiger partial charge in [0.1, 0.15) is 5.82 Å². The molecule has 0 saturated heterocycles. The quantitative estimate of drug-likeness (QED) is 0.843. The van der Waals surface area contributed by atoms with Gasteiger partial charge in [-0.1, -0.05) is 30.1 Å². The summed E-state index contributed by atoms with van der Waals surface area (Å²) in [5.74, 6) is 1.26. The van der Waals surface area contributed by atoms with E-state index in [9.17, 15) is 0 Å². The average molecular weight is 311 g/mol. The first kappa shape index (κ1) is 14.9. The fourth-order valence-corrected chi connectivity index (χ4v) is 2.06. The van der Waals surface area contributed by atoms with Crippen molar-refractivity contribution in [2.45, 2.75) is 20.3 Å². The number of aryl methyl sites for hydroxylation is 1. The molecule has 106 valence electrons. The normalized spacial score (nSPS) is 10.4. The first-order valence-corrected chi connectivity index (χ1v) is 7.15. The Morgan fingerprint density at radius 1 is 1.20 bits per heavy atom. The van der Waals surface area contributed by atoms with Crippen molar-refractivity contribution in [1.29, 1.82) is 0 Å². The minimum absolute atomic E-state index is 0.589. The number of hydrogen-bond acceptors (Lipinski definition) is 4. The van der Waals surface area contributed by atoms with Crippen LogP contribution in [-0.2, 0) is 0 Å². The number of halogens is 2. The molecule has 1 aromatic carbocycles. The van der Waals surface area contributed by atoms with Gasteiger partial charge in [-0.2, -0.15) is 4.98 Å². The molecule has 0 atom stereocenters. The number of rotatable bonds is 5. The molecule has 4 nitrogen and oxygen atoms in total. The zero-order chi connectivity index (χ0) is 14.5. The summed E-state index contributed by atoms with van der Waals surface area (Å²) in [5.41, 5.74) is 1.66. The minimum Gasteiger partial charge on any atom is -0.354 e. The van der Waals surface area contributed by atoms with Gasteiger partial charge in [-0.15, -0.1) is 0 Å². The van der Waals surface area contributed by atoms with Crippen LogP contribution in [0.15, 0.2) is 24.4 Å². The molecule has 2 rings (SSSR count). The van der Waals surface area contributed by atoms with E-state index in [-0.39, 0.29) is 0 Å². The molecule has 1 heterocycles. The van der Waals surface area contributed by atoms with Gasteiger partial charge >= 0.3 is 0 Å². The van der Waals surface area contributed by atoms with E-state index in [0.29, 0.717) is 21.8 Å². The molecule has 0 unspecified atom stereocenters. The van der Waals surface area contributed by atoms with Crippen LogP contribution in [0.25, 0.3) is 0 Å². The van der Waals surface area contributed by atoms with E-state index in [0.717, 1.165) is 24.2 Å². The highest BCUT2D eigenvalue weighted by molar-refractivity contribution is 6.35. The Hall–Kier alpha value is -1.52. The minimum atomic E-state index is 0.589. The largest absolute Gasteiger partial charge is 0.354 e. The monoisotopic (exact) mass is 310 g/mol. The summed E-state index contributed by atoms with van der Waals surface area (Å²) in [4.78, 5) is 8.52. The third kappa shape index (κ3) is 3.74. The Bertz CT molecular complexity index is 602. The molecule has 0 radical (unpaired) electrons. The summed E-state index contributed by atoms with van der Waals surface area (Å²) in [7, 11) is 0. The molecule has 0 aliphatic heterocycles. The van der Waals surface area contributed by atoms with Crippen LogP contribution in [0, 0.1) is 6.92 Å². The van der Waals surface area contributed by atoms with Crippen molar-refractivity contribution in [1.82, 2.24) is 9.97 Å². The molecule has 0 spiro atoms. The molecule has 0 saturated carbocycles. The van der Waals surface area contributed by atoms with Gasteiger partial charge in [0.2, 0.25) is 5.95 Å². The second-order valence-electron chi connectivity index (χ2n) is 4.40. The van der Waals surface area contributed by atoms with Gasteiger partial charge in [0, 0.05) is 17.8 Å². The summed E-state index contributed by atoms with van der Waals surface area (Å²) in [6, 6.07) is 5.39. The number of nitrogens with one attached hydrogen (secondary N) is 2. The molecule has 6 heteroatoms. The van der Waals surface area contributed by atoms with Gasteiger partial charge in [-0.3, -0.25) is 0 Å². The Balaban J connectivity index is 2.19. The maximum absolute atomic E-state index is 6.19. The summed E-state index contributed by atoms with van der Waals surface area (Å²) >= 11 is 12.3. The van der Waals surface area contributed by atoms with Crippen LogP contribution >= 0.6 is 23.2 Å². The molecule has 1 aromatic heterocycles. The van der Waals surface area contributed by atoms with Crippen LogP contribution in [0.3, 0.4) is 0 Å². The number of anilines is 3. The highest BCUT2D eigenvalue weighted by atomic mass is 35.5. The zero-order valence-corrected chi connectivity index (χ0v) is 12.9. The summed E-state index contributed by atoms with van der Waals surface area (Å²) < 4.78 is 0. The smallest absolute Gasteiger partial charge is 0.224 e. The topological polar surface area (TPSA) is 49.8 Å². The molecular formula is C14H16Cl2N4. The molecule has 0 amide bonds. The van der Waals surface area contributed by atoms with Crippen LogP contribution in [0.2, 0.25) is 10.0 Å². The number of nitrogens with zero attached hydrogens (tertiary/aromatic N) is 2. The fourth-order valence-electron chi connectivity index (χ4n) is 1.63. The third-order valence-electron chi connectivity index (χ3n) is 2.70. The van der Waals surface area contributed by atoms with Crippen molar-refractivity contribution in [3.63, 3.8) is 0 Å². The highest BCUT2D eigenvalue weighted by Crippen LogP contribution is 2.30. The van der Waals surface area contributed by atoms with Gasteiger partial charge in [0.05, 0.1) is 10.7 Å². The average Bonchev–Trinajstić information content (AvgIpc) is 2.43. The predicted molar refractivity (Wildman–Crippen MR) is 85.3 cm³/mol. The molecule has 0 aliphatic rings. The standard InChI is InChI=1S/C14H16Cl2N4/c1-3-5-17-14-18-6-4-13(20-14)19-12-8-10(15)9(2)7-11(12)16/h4,6-8H,3,5H2,1-2H3,(H2,17,18,19,20). The molecule has 20 heavy (non-hydrogen) atoms. The second kappa shape index (κ2) is 6.77. The number of benzene rings is 1. The highest BCUT2D eigenvalue weighted by Gasteiger charge is 2.06. The first-order chi connectivity index (χ1) is 9.60.